The molecule has 1 saturated carbocycles. The Kier molecular flexibility index (Phi) is 6.55. The van der Waals surface area contributed by atoms with Crippen LogP contribution in [0.5, 0.6) is 5.75 Å². The van der Waals surface area contributed by atoms with Gasteiger partial charge < -0.3 is 9.72 Å². The zero-order chi connectivity index (χ0) is 23.9. The van der Waals surface area contributed by atoms with Gasteiger partial charge in [0.05, 0.1) is 10.6 Å². The molecular formula is C23H22Cl2N2O5S. The molecular weight excluding hydrogens is 487 g/mol. The molecule has 1 aliphatic carbocycles. The maximum atomic E-state index is 12.8. The average Bonchev–Trinajstić information content (AvgIpc) is 3.10. The smallest absolute Gasteiger partial charge is 0.379 e. The van der Waals surface area contributed by atoms with Crippen molar-refractivity contribution < 1.29 is 22.7 Å². The van der Waals surface area contributed by atoms with Crippen LogP contribution in [0, 0.1) is 0 Å². The fraction of sp³-hybridized carbons (Fsp3) is 0.304. The van der Waals surface area contributed by atoms with Crippen molar-refractivity contribution in [1.29, 1.82) is 0 Å². The van der Waals surface area contributed by atoms with E-state index in [0.29, 0.717) is 21.5 Å². The fourth-order valence-corrected chi connectivity index (χ4v) is 5.82. The average molecular weight is 509 g/mol. The summed E-state index contributed by atoms with van der Waals surface area (Å²) < 4.78 is 31.0. The van der Waals surface area contributed by atoms with Crippen LogP contribution in [0.1, 0.15) is 44.1 Å². The second-order valence-electron chi connectivity index (χ2n) is 8.18. The Balaban J connectivity index is 1.97. The van der Waals surface area contributed by atoms with Crippen LogP contribution >= 0.6 is 23.2 Å². The number of carbonyl (C=O) groups excluding carboxylic acids is 2. The molecule has 0 atom stereocenters. The zero-order valence-corrected chi connectivity index (χ0v) is 20.1. The number of ketones is 1. The molecule has 1 heterocycles. The van der Waals surface area contributed by atoms with Crippen LogP contribution in [0.3, 0.4) is 0 Å². The van der Waals surface area contributed by atoms with Gasteiger partial charge in [0.1, 0.15) is 0 Å². The number of fused-ring (bicyclic) bond motifs is 1. The molecule has 174 valence electrons. The monoisotopic (exact) mass is 508 g/mol. The minimum atomic E-state index is -4.17. The van der Waals surface area contributed by atoms with E-state index in [4.69, 9.17) is 33.1 Å². The number of hydrogen-bond donors (Lipinski definition) is 2. The minimum Gasteiger partial charge on any atom is -0.418 e. The number of hydrogen-bond acceptors (Lipinski definition) is 5. The van der Waals surface area contributed by atoms with Gasteiger partial charge in [-0.2, -0.15) is 0 Å². The number of benzene rings is 2. The molecule has 1 fully saturated rings. The van der Waals surface area contributed by atoms with E-state index in [-0.39, 0.29) is 33.2 Å². The van der Waals surface area contributed by atoms with Crippen molar-refractivity contribution in [2.24, 2.45) is 5.14 Å². The maximum Gasteiger partial charge on any atom is 0.379 e. The highest BCUT2D eigenvalue weighted by molar-refractivity contribution is 7.89. The van der Waals surface area contributed by atoms with Gasteiger partial charge in [0.25, 0.3) is 0 Å². The summed E-state index contributed by atoms with van der Waals surface area (Å²) in [5.74, 6) is -1.89. The Morgan fingerprint density at radius 1 is 1.12 bits per heavy atom. The summed E-state index contributed by atoms with van der Waals surface area (Å²) in [6.45, 7) is 1.09. The van der Waals surface area contributed by atoms with Crippen molar-refractivity contribution in [2.75, 3.05) is 0 Å². The van der Waals surface area contributed by atoms with E-state index in [1.54, 1.807) is 36.4 Å². The molecule has 0 bridgehead atoms. The van der Waals surface area contributed by atoms with Crippen LogP contribution in [0.15, 0.2) is 41.3 Å². The fourth-order valence-electron chi connectivity index (χ4n) is 4.35. The standard InChI is InChI=1S/C23H22Cl2N2O5S/c1-12(28)23(29)32-21-18-11-15(25)9-10-19(18)27-20(21)17-4-2-3-16(22(17)33(26,30)31)13-5-7-14(24)8-6-13/h2-4,9-11,13-14,27H,5-8H2,1H3,(H2,26,30,31). The molecule has 2 aromatic carbocycles. The van der Waals surface area contributed by atoms with Crippen LogP contribution in [0.2, 0.25) is 5.02 Å². The normalized spacial score (nSPS) is 18.9. The molecule has 0 radical (unpaired) electrons. The van der Waals surface area contributed by atoms with Gasteiger partial charge in [-0.1, -0.05) is 29.8 Å². The van der Waals surface area contributed by atoms with Gasteiger partial charge in [0.2, 0.25) is 15.8 Å². The van der Waals surface area contributed by atoms with E-state index in [0.717, 1.165) is 32.6 Å². The first kappa shape index (κ1) is 23.8. The first-order valence-electron chi connectivity index (χ1n) is 10.4. The first-order chi connectivity index (χ1) is 15.6. The number of nitrogens with one attached hydrogen (secondary N) is 1. The summed E-state index contributed by atoms with van der Waals surface area (Å²) in [5.41, 5.74) is 1.62. The summed E-state index contributed by atoms with van der Waals surface area (Å²) in [4.78, 5) is 26.8. The number of esters is 1. The molecule has 0 spiro atoms. The second kappa shape index (κ2) is 9.10. The molecule has 0 amide bonds. The molecule has 4 rings (SSSR count). The Hall–Kier alpha value is -2.39. The van der Waals surface area contributed by atoms with Gasteiger partial charge >= 0.3 is 5.97 Å². The molecule has 1 aromatic heterocycles. The van der Waals surface area contributed by atoms with Crippen molar-refractivity contribution in [2.45, 2.75) is 48.8 Å². The number of ether oxygens (including phenoxy) is 1. The largest absolute Gasteiger partial charge is 0.418 e. The summed E-state index contributed by atoms with van der Waals surface area (Å²) >= 11 is 12.4. The number of nitrogens with two attached hydrogens (primary N) is 1. The number of carbonyl (C=O) groups is 2. The Bertz CT molecular complexity index is 1360. The molecule has 1 aliphatic rings. The quantitative estimate of drug-likeness (QED) is 0.288. The van der Waals surface area contributed by atoms with Gasteiger partial charge in [-0.25, -0.2) is 18.4 Å². The number of rotatable bonds is 5. The van der Waals surface area contributed by atoms with Gasteiger partial charge in [-0.05, 0) is 55.4 Å². The Morgan fingerprint density at radius 2 is 1.82 bits per heavy atom. The number of aromatic nitrogens is 1. The highest BCUT2D eigenvalue weighted by Gasteiger charge is 2.30. The summed E-state index contributed by atoms with van der Waals surface area (Å²) in [6.07, 6.45) is 3.00. The highest BCUT2D eigenvalue weighted by atomic mass is 35.5. The highest BCUT2D eigenvalue weighted by Crippen LogP contribution is 2.44. The SMILES string of the molecule is CC(=O)C(=O)Oc1c(-c2cccc(C3CCC(Cl)CC3)c2S(N)(=O)=O)[nH]c2ccc(Cl)cc12. The third kappa shape index (κ3) is 4.80. The molecule has 0 aliphatic heterocycles. The van der Waals surface area contributed by atoms with Crippen molar-refractivity contribution in [1.82, 2.24) is 4.98 Å². The summed E-state index contributed by atoms with van der Waals surface area (Å²) in [6, 6.07) is 9.97. The lowest BCUT2D eigenvalue weighted by Gasteiger charge is -2.27. The number of alkyl halides is 1. The molecule has 3 N–H and O–H groups in total. The molecule has 0 unspecified atom stereocenters. The number of primary sulfonamides is 1. The second-order valence-corrected chi connectivity index (χ2v) is 10.7. The van der Waals surface area contributed by atoms with Crippen molar-refractivity contribution in [3.63, 3.8) is 0 Å². The van der Waals surface area contributed by atoms with Gasteiger partial charge in [-0.3, -0.25) is 4.79 Å². The van der Waals surface area contributed by atoms with Gasteiger partial charge in [0.15, 0.2) is 5.75 Å². The van der Waals surface area contributed by atoms with E-state index < -0.39 is 21.8 Å². The molecule has 33 heavy (non-hydrogen) atoms. The number of halogens is 2. The Labute approximate surface area is 201 Å². The first-order valence-corrected chi connectivity index (χ1v) is 12.8. The molecule has 0 saturated heterocycles. The predicted octanol–water partition coefficient (Wildman–Crippen LogP) is 4.90. The van der Waals surface area contributed by atoms with E-state index in [2.05, 4.69) is 4.98 Å². The zero-order valence-electron chi connectivity index (χ0n) is 17.7. The van der Waals surface area contributed by atoms with E-state index in [1.807, 2.05) is 0 Å². The summed E-state index contributed by atoms with van der Waals surface area (Å²) in [5, 5.41) is 6.58. The van der Waals surface area contributed by atoms with Gasteiger partial charge in [-0.15, -0.1) is 11.6 Å². The van der Waals surface area contributed by atoms with Crippen molar-refractivity contribution >= 4 is 55.9 Å². The lowest BCUT2D eigenvalue weighted by molar-refractivity contribution is -0.145. The maximum absolute atomic E-state index is 12.8. The third-order valence-electron chi connectivity index (χ3n) is 5.89. The number of aromatic amines is 1. The van der Waals surface area contributed by atoms with Gasteiger partial charge in [0, 0.05) is 33.8 Å². The van der Waals surface area contributed by atoms with Crippen LogP contribution in [0.25, 0.3) is 22.2 Å². The van der Waals surface area contributed by atoms with Crippen molar-refractivity contribution in [3.8, 4) is 17.0 Å². The lowest BCUT2D eigenvalue weighted by Crippen LogP contribution is -2.20. The third-order valence-corrected chi connectivity index (χ3v) is 7.59. The van der Waals surface area contributed by atoms with Crippen LogP contribution < -0.4 is 9.88 Å². The minimum absolute atomic E-state index is 0.0132. The topological polar surface area (TPSA) is 119 Å². The molecule has 10 heteroatoms. The Morgan fingerprint density at radius 3 is 2.45 bits per heavy atom. The van der Waals surface area contributed by atoms with Crippen LogP contribution in [-0.4, -0.2) is 30.5 Å². The van der Waals surface area contributed by atoms with Crippen LogP contribution in [0.4, 0.5) is 0 Å². The predicted molar refractivity (Wildman–Crippen MR) is 127 cm³/mol. The van der Waals surface area contributed by atoms with Crippen molar-refractivity contribution in [3.05, 3.63) is 47.0 Å². The summed E-state index contributed by atoms with van der Waals surface area (Å²) in [7, 11) is -4.17. The van der Waals surface area contributed by atoms with Crippen LogP contribution in [-0.2, 0) is 19.6 Å². The lowest BCUT2D eigenvalue weighted by atomic mass is 9.83. The number of Topliss-reactive ketones (excluding diaryl/α,β-unsaturated/α-hetero) is 1. The van der Waals surface area contributed by atoms with E-state index in [9.17, 15) is 18.0 Å². The molecule has 7 nitrogen and oxygen atoms in total. The number of sulfonamides is 1. The number of H-pyrrole nitrogens is 1. The van der Waals surface area contributed by atoms with E-state index in [1.165, 1.54) is 0 Å². The van der Waals surface area contributed by atoms with E-state index >= 15 is 0 Å². The molecule has 3 aromatic rings.